The van der Waals surface area contributed by atoms with Gasteiger partial charge in [0.15, 0.2) is 28.8 Å². The molecule has 0 atom stereocenters. The van der Waals surface area contributed by atoms with Crippen molar-refractivity contribution >= 4 is 0 Å². The summed E-state index contributed by atoms with van der Waals surface area (Å²) in [6.45, 7) is 5.19. The van der Waals surface area contributed by atoms with E-state index in [9.17, 15) is 5.11 Å². The van der Waals surface area contributed by atoms with Gasteiger partial charge in [0, 0.05) is 17.4 Å². The first kappa shape index (κ1) is 22.1. The highest BCUT2D eigenvalue weighted by atomic mass is 16.7. The van der Waals surface area contributed by atoms with Crippen LogP contribution in [0.15, 0.2) is 30.3 Å². The molecular formula is C23H30O7. The van der Waals surface area contributed by atoms with Gasteiger partial charge in [-0.2, -0.15) is 0 Å². The van der Waals surface area contributed by atoms with Crippen LogP contribution in [-0.2, 0) is 21.7 Å². The van der Waals surface area contributed by atoms with Crippen molar-refractivity contribution in [1.82, 2.24) is 0 Å². The molecule has 0 saturated carbocycles. The number of ether oxygens (including phenoxy) is 6. The van der Waals surface area contributed by atoms with Crippen LogP contribution in [0.2, 0.25) is 0 Å². The van der Waals surface area contributed by atoms with E-state index >= 15 is 0 Å². The fourth-order valence-corrected chi connectivity index (χ4v) is 3.49. The van der Waals surface area contributed by atoms with E-state index in [4.69, 9.17) is 28.4 Å². The van der Waals surface area contributed by atoms with E-state index in [2.05, 4.69) is 13.8 Å². The SMILES string of the molecule is COc1ccc(CC2(c3cc(OC)c(OC)c(OC)c3)OCC(C)(C)CO2)cc1O. The number of phenolic OH excluding ortho intramolecular Hbond substituents is 1. The number of hydrogen-bond donors (Lipinski definition) is 1. The molecular weight excluding hydrogens is 388 g/mol. The maximum atomic E-state index is 10.2. The van der Waals surface area contributed by atoms with Crippen molar-refractivity contribution in [2.24, 2.45) is 5.41 Å². The number of phenols is 1. The van der Waals surface area contributed by atoms with E-state index < -0.39 is 5.79 Å². The van der Waals surface area contributed by atoms with Gasteiger partial charge in [-0.3, -0.25) is 0 Å². The predicted octanol–water partition coefficient (Wildman–Crippen LogP) is 3.90. The largest absolute Gasteiger partial charge is 0.504 e. The zero-order chi connectivity index (χ0) is 21.9. The summed E-state index contributed by atoms with van der Waals surface area (Å²) in [5.74, 6) is 0.917. The highest BCUT2D eigenvalue weighted by molar-refractivity contribution is 5.55. The normalized spacial score (nSPS) is 17.3. The molecule has 1 saturated heterocycles. The topological polar surface area (TPSA) is 75.6 Å². The van der Waals surface area contributed by atoms with E-state index in [0.717, 1.165) is 11.1 Å². The molecule has 1 N–H and O–H groups in total. The Hall–Kier alpha value is -2.64. The molecule has 0 aliphatic carbocycles. The fourth-order valence-electron chi connectivity index (χ4n) is 3.49. The van der Waals surface area contributed by atoms with Crippen LogP contribution >= 0.6 is 0 Å². The Morgan fingerprint density at radius 1 is 0.833 bits per heavy atom. The number of aromatic hydroxyl groups is 1. The predicted molar refractivity (Wildman–Crippen MR) is 112 cm³/mol. The minimum absolute atomic E-state index is 0.0613. The van der Waals surface area contributed by atoms with Crippen LogP contribution in [0.5, 0.6) is 28.7 Å². The van der Waals surface area contributed by atoms with Gasteiger partial charge in [0.2, 0.25) is 5.75 Å². The lowest BCUT2D eigenvalue weighted by molar-refractivity contribution is -0.307. The van der Waals surface area contributed by atoms with Crippen molar-refractivity contribution in [2.45, 2.75) is 26.1 Å². The first-order valence-corrected chi connectivity index (χ1v) is 9.72. The van der Waals surface area contributed by atoms with Crippen molar-refractivity contribution in [1.29, 1.82) is 0 Å². The maximum absolute atomic E-state index is 10.2. The molecule has 0 spiro atoms. The van der Waals surface area contributed by atoms with Crippen LogP contribution in [0.3, 0.4) is 0 Å². The van der Waals surface area contributed by atoms with Gasteiger partial charge in [-0.05, 0) is 29.8 Å². The molecule has 3 rings (SSSR count). The third-order valence-electron chi connectivity index (χ3n) is 5.18. The number of hydrogen-bond acceptors (Lipinski definition) is 7. The van der Waals surface area contributed by atoms with Crippen molar-refractivity contribution in [3.63, 3.8) is 0 Å². The maximum Gasteiger partial charge on any atom is 0.203 e. The smallest absolute Gasteiger partial charge is 0.203 e. The Kier molecular flexibility index (Phi) is 6.33. The highest BCUT2D eigenvalue weighted by Gasteiger charge is 2.43. The van der Waals surface area contributed by atoms with Crippen LogP contribution in [-0.4, -0.2) is 46.8 Å². The molecule has 1 aliphatic heterocycles. The lowest BCUT2D eigenvalue weighted by Crippen LogP contribution is -2.47. The van der Waals surface area contributed by atoms with Crippen molar-refractivity contribution in [3.8, 4) is 28.7 Å². The van der Waals surface area contributed by atoms with Gasteiger partial charge in [-0.1, -0.05) is 19.9 Å². The van der Waals surface area contributed by atoms with Crippen LogP contribution in [0.4, 0.5) is 0 Å². The van der Waals surface area contributed by atoms with Gasteiger partial charge < -0.3 is 33.5 Å². The lowest BCUT2D eigenvalue weighted by atomic mass is 9.90. The summed E-state index contributed by atoms with van der Waals surface area (Å²) in [5.41, 5.74) is 1.45. The summed E-state index contributed by atoms with van der Waals surface area (Å²) < 4.78 is 34.4. The fraction of sp³-hybridized carbons (Fsp3) is 0.478. The van der Waals surface area contributed by atoms with Gasteiger partial charge >= 0.3 is 0 Å². The van der Waals surface area contributed by atoms with Gasteiger partial charge in [0.25, 0.3) is 0 Å². The molecule has 1 fully saturated rings. The van der Waals surface area contributed by atoms with Crippen LogP contribution in [0.25, 0.3) is 0 Å². The molecule has 0 bridgehead atoms. The molecule has 7 heteroatoms. The number of rotatable bonds is 7. The highest BCUT2D eigenvalue weighted by Crippen LogP contribution is 2.46. The number of benzene rings is 2. The zero-order valence-electron chi connectivity index (χ0n) is 18.4. The molecule has 7 nitrogen and oxygen atoms in total. The standard InChI is InChI=1S/C23H30O7/c1-22(2)13-29-23(30-14-22,12-15-7-8-18(25-3)17(24)9-15)16-10-19(26-4)21(28-6)20(11-16)27-5/h7-11,24H,12-14H2,1-6H3. The summed E-state index contributed by atoms with van der Waals surface area (Å²) in [4.78, 5) is 0. The van der Waals surface area contributed by atoms with E-state index in [1.807, 2.05) is 18.2 Å². The van der Waals surface area contributed by atoms with E-state index in [0.29, 0.717) is 42.6 Å². The van der Waals surface area contributed by atoms with E-state index in [1.165, 1.54) is 7.11 Å². The molecule has 0 aromatic heterocycles. The lowest BCUT2D eigenvalue weighted by Gasteiger charge is -2.44. The second-order valence-electron chi connectivity index (χ2n) is 8.09. The molecule has 1 heterocycles. The van der Waals surface area contributed by atoms with Gasteiger partial charge in [0.1, 0.15) is 0 Å². The third-order valence-corrected chi connectivity index (χ3v) is 5.18. The minimum atomic E-state index is -1.08. The second kappa shape index (κ2) is 8.62. The molecule has 2 aromatic rings. The first-order valence-electron chi connectivity index (χ1n) is 9.72. The summed E-state index contributed by atoms with van der Waals surface area (Å²) in [6, 6.07) is 8.93. The Balaban J connectivity index is 2.08. The van der Waals surface area contributed by atoms with E-state index in [1.54, 1.807) is 33.5 Å². The Labute approximate surface area is 177 Å². The Morgan fingerprint density at radius 2 is 1.40 bits per heavy atom. The van der Waals surface area contributed by atoms with Crippen LogP contribution < -0.4 is 18.9 Å². The van der Waals surface area contributed by atoms with Crippen LogP contribution in [0, 0.1) is 5.41 Å². The zero-order valence-corrected chi connectivity index (χ0v) is 18.4. The van der Waals surface area contributed by atoms with Crippen molar-refractivity contribution < 1.29 is 33.5 Å². The summed E-state index contributed by atoms with van der Waals surface area (Å²) >= 11 is 0. The average molecular weight is 418 g/mol. The molecule has 164 valence electrons. The summed E-state index contributed by atoms with van der Waals surface area (Å²) in [6.07, 6.45) is 0.374. The molecule has 1 aliphatic rings. The van der Waals surface area contributed by atoms with Gasteiger partial charge in [-0.15, -0.1) is 0 Å². The average Bonchev–Trinajstić information content (AvgIpc) is 2.74. The molecule has 30 heavy (non-hydrogen) atoms. The molecule has 0 unspecified atom stereocenters. The van der Waals surface area contributed by atoms with Crippen molar-refractivity contribution in [2.75, 3.05) is 41.7 Å². The molecule has 0 radical (unpaired) electrons. The Morgan fingerprint density at radius 3 is 1.87 bits per heavy atom. The third kappa shape index (κ3) is 4.27. The summed E-state index contributed by atoms with van der Waals surface area (Å²) in [7, 11) is 6.22. The second-order valence-corrected chi connectivity index (χ2v) is 8.09. The quantitative estimate of drug-likeness (QED) is 0.731. The van der Waals surface area contributed by atoms with E-state index in [-0.39, 0.29) is 11.2 Å². The van der Waals surface area contributed by atoms with Gasteiger partial charge in [0.05, 0.1) is 41.7 Å². The molecule has 2 aromatic carbocycles. The van der Waals surface area contributed by atoms with Crippen LogP contribution in [0.1, 0.15) is 25.0 Å². The summed E-state index contributed by atoms with van der Waals surface area (Å²) in [5, 5.41) is 10.2. The molecule has 0 amide bonds. The monoisotopic (exact) mass is 418 g/mol. The first-order chi connectivity index (χ1) is 14.3. The number of methoxy groups -OCH3 is 4. The van der Waals surface area contributed by atoms with Gasteiger partial charge in [-0.25, -0.2) is 0 Å². The van der Waals surface area contributed by atoms with Crippen molar-refractivity contribution in [3.05, 3.63) is 41.5 Å². The minimum Gasteiger partial charge on any atom is -0.504 e. The Bertz CT molecular complexity index is 856.